The van der Waals surface area contributed by atoms with Gasteiger partial charge in [0.15, 0.2) is 0 Å². The van der Waals surface area contributed by atoms with Crippen molar-refractivity contribution >= 4 is 17.7 Å². The first-order valence-corrected chi connectivity index (χ1v) is 7.51. The number of hydrogen-bond donors (Lipinski definition) is 1. The van der Waals surface area contributed by atoms with Crippen LogP contribution in [0.25, 0.3) is 6.08 Å². The van der Waals surface area contributed by atoms with Gasteiger partial charge in [-0.1, -0.05) is 44.4 Å². The number of hydrogen-bond acceptors (Lipinski definition) is 2. The van der Waals surface area contributed by atoms with Crippen molar-refractivity contribution in [1.29, 1.82) is 0 Å². The maximum Gasteiger partial charge on any atom is 0.247 e. The molecule has 0 atom stereocenters. The lowest BCUT2D eigenvalue weighted by molar-refractivity contribution is -0.111. The van der Waals surface area contributed by atoms with Crippen molar-refractivity contribution in [1.82, 2.24) is 0 Å². The molecule has 3 heteroatoms. The Hall–Kier alpha value is -2.03. The van der Waals surface area contributed by atoms with Crippen LogP contribution in [0.3, 0.4) is 0 Å². The maximum atomic E-state index is 11.4. The molecule has 0 heterocycles. The Balaban J connectivity index is 2.07. The molecule has 1 aliphatic rings. The van der Waals surface area contributed by atoms with E-state index in [1.807, 2.05) is 18.2 Å². The normalized spacial score (nSPS) is 15.3. The molecule has 0 bridgehead atoms. The fraction of sp³-hybridized carbons (Fsp3) is 0.389. The van der Waals surface area contributed by atoms with Crippen molar-refractivity contribution in [2.24, 2.45) is 5.92 Å². The number of methoxy groups -OCH3 is 1. The van der Waals surface area contributed by atoms with E-state index in [0.717, 1.165) is 29.3 Å². The molecule has 0 unspecified atom stereocenters. The summed E-state index contributed by atoms with van der Waals surface area (Å²) in [7, 11) is 1.66. The minimum atomic E-state index is -0.207. The van der Waals surface area contributed by atoms with Crippen molar-refractivity contribution in [3.05, 3.63) is 42.5 Å². The van der Waals surface area contributed by atoms with E-state index in [4.69, 9.17) is 4.74 Å². The molecule has 0 aliphatic heterocycles. The predicted molar refractivity (Wildman–Crippen MR) is 87.4 cm³/mol. The van der Waals surface area contributed by atoms with Gasteiger partial charge in [0.05, 0.1) is 7.11 Å². The zero-order valence-corrected chi connectivity index (χ0v) is 12.6. The molecular weight excluding hydrogens is 262 g/mol. The van der Waals surface area contributed by atoms with Crippen molar-refractivity contribution in [2.75, 3.05) is 12.4 Å². The van der Waals surface area contributed by atoms with Crippen LogP contribution in [-0.4, -0.2) is 13.0 Å². The second-order valence-corrected chi connectivity index (χ2v) is 5.44. The SMILES string of the molecule is C=CC(=O)Nc1ccc(OC)c(/C=C/CC2CCCC2)c1. The zero-order valence-electron chi connectivity index (χ0n) is 12.6. The first-order chi connectivity index (χ1) is 10.2. The van der Waals surface area contributed by atoms with Gasteiger partial charge in [-0.05, 0) is 36.6 Å². The Bertz CT molecular complexity index is 528. The van der Waals surface area contributed by atoms with Gasteiger partial charge in [-0.25, -0.2) is 0 Å². The van der Waals surface area contributed by atoms with Crippen LogP contribution in [0, 0.1) is 5.92 Å². The molecular formula is C18H23NO2. The average Bonchev–Trinajstić information content (AvgIpc) is 3.01. The lowest BCUT2D eigenvalue weighted by atomic mass is 10.0. The van der Waals surface area contributed by atoms with Crippen molar-refractivity contribution < 1.29 is 9.53 Å². The van der Waals surface area contributed by atoms with Crippen LogP contribution < -0.4 is 10.1 Å². The van der Waals surface area contributed by atoms with Gasteiger partial charge in [0.25, 0.3) is 0 Å². The molecule has 2 rings (SSSR count). The standard InChI is InChI=1S/C18H23NO2/c1-3-18(20)19-16-11-12-17(21-2)15(13-16)10-6-9-14-7-4-5-8-14/h3,6,10-14H,1,4-5,7-9H2,2H3,(H,19,20)/b10-6+. The highest BCUT2D eigenvalue weighted by Crippen LogP contribution is 2.29. The highest BCUT2D eigenvalue weighted by atomic mass is 16.5. The predicted octanol–water partition coefficient (Wildman–Crippen LogP) is 4.41. The van der Waals surface area contributed by atoms with E-state index in [2.05, 4.69) is 24.0 Å². The summed E-state index contributed by atoms with van der Waals surface area (Å²) in [6.45, 7) is 3.46. The Morgan fingerprint density at radius 1 is 1.43 bits per heavy atom. The highest BCUT2D eigenvalue weighted by molar-refractivity contribution is 5.99. The molecule has 0 spiro atoms. The van der Waals surface area contributed by atoms with Crippen LogP contribution in [0.5, 0.6) is 5.75 Å². The number of anilines is 1. The molecule has 1 aromatic carbocycles. The number of rotatable bonds is 6. The quantitative estimate of drug-likeness (QED) is 0.786. The molecule has 0 aromatic heterocycles. The second-order valence-electron chi connectivity index (χ2n) is 5.44. The Kier molecular flexibility index (Phi) is 5.61. The molecule has 1 saturated carbocycles. The molecule has 1 amide bonds. The molecule has 0 radical (unpaired) electrons. The maximum absolute atomic E-state index is 11.4. The summed E-state index contributed by atoms with van der Waals surface area (Å²) in [5, 5.41) is 2.77. The summed E-state index contributed by atoms with van der Waals surface area (Å²) in [6.07, 6.45) is 12.1. The van der Waals surface area contributed by atoms with E-state index in [-0.39, 0.29) is 5.91 Å². The monoisotopic (exact) mass is 285 g/mol. The summed E-state index contributed by atoms with van der Waals surface area (Å²) in [5.74, 6) is 1.44. The number of carbonyl (C=O) groups is 1. The number of ether oxygens (including phenoxy) is 1. The lowest BCUT2D eigenvalue weighted by Crippen LogP contribution is -2.07. The van der Waals surface area contributed by atoms with Crippen LogP contribution in [0.1, 0.15) is 37.7 Å². The van der Waals surface area contributed by atoms with Crippen LogP contribution in [0.4, 0.5) is 5.69 Å². The molecule has 1 aliphatic carbocycles. The summed E-state index contributed by atoms with van der Waals surface area (Å²) in [5.41, 5.74) is 1.73. The van der Waals surface area contributed by atoms with Gasteiger partial charge < -0.3 is 10.1 Å². The largest absolute Gasteiger partial charge is 0.496 e. The number of benzene rings is 1. The number of nitrogens with one attached hydrogen (secondary N) is 1. The number of carbonyl (C=O) groups excluding carboxylic acids is 1. The highest BCUT2D eigenvalue weighted by Gasteiger charge is 2.12. The molecule has 112 valence electrons. The van der Waals surface area contributed by atoms with Gasteiger partial charge >= 0.3 is 0 Å². The van der Waals surface area contributed by atoms with E-state index in [9.17, 15) is 4.79 Å². The molecule has 1 fully saturated rings. The van der Waals surface area contributed by atoms with Gasteiger partial charge in [-0.15, -0.1) is 0 Å². The Morgan fingerprint density at radius 2 is 2.19 bits per heavy atom. The van der Waals surface area contributed by atoms with E-state index >= 15 is 0 Å². The summed E-state index contributed by atoms with van der Waals surface area (Å²) in [6, 6.07) is 5.62. The minimum Gasteiger partial charge on any atom is -0.496 e. The fourth-order valence-corrected chi connectivity index (χ4v) is 2.77. The molecule has 21 heavy (non-hydrogen) atoms. The van der Waals surface area contributed by atoms with Gasteiger partial charge in [0, 0.05) is 11.3 Å². The van der Waals surface area contributed by atoms with Gasteiger partial charge in [0.1, 0.15) is 5.75 Å². The number of amides is 1. The van der Waals surface area contributed by atoms with Crippen molar-refractivity contribution in [3.63, 3.8) is 0 Å². The smallest absolute Gasteiger partial charge is 0.247 e. The molecule has 0 saturated heterocycles. The van der Waals surface area contributed by atoms with Crippen LogP contribution in [-0.2, 0) is 4.79 Å². The summed E-state index contributed by atoms with van der Waals surface area (Å²) < 4.78 is 5.37. The van der Waals surface area contributed by atoms with Gasteiger partial charge in [0.2, 0.25) is 5.91 Å². The topological polar surface area (TPSA) is 38.3 Å². The van der Waals surface area contributed by atoms with Crippen LogP contribution in [0.15, 0.2) is 36.9 Å². The first kappa shape index (κ1) is 15.4. The fourth-order valence-electron chi connectivity index (χ4n) is 2.77. The van der Waals surface area contributed by atoms with Crippen molar-refractivity contribution in [3.8, 4) is 5.75 Å². The minimum absolute atomic E-state index is 0.207. The van der Waals surface area contributed by atoms with E-state index in [1.165, 1.54) is 31.8 Å². The first-order valence-electron chi connectivity index (χ1n) is 7.51. The molecule has 1 aromatic rings. The Morgan fingerprint density at radius 3 is 2.86 bits per heavy atom. The molecule has 3 nitrogen and oxygen atoms in total. The zero-order chi connectivity index (χ0) is 15.1. The van der Waals surface area contributed by atoms with E-state index in [1.54, 1.807) is 7.11 Å². The van der Waals surface area contributed by atoms with Gasteiger partial charge in [-0.3, -0.25) is 4.79 Å². The van der Waals surface area contributed by atoms with Crippen molar-refractivity contribution in [2.45, 2.75) is 32.1 Å². The van der Waals surface area contributed by atoms with Crippen LogP contribution in [0.2, 0.25) is 0 Å². The third kappa shape index (κ3) is 4.48. The Labute approximate surface area is 126 Å². The molecule has 1 N–H and O–H groups in total. The van der Waals surface area contributed by atoms with Crippen LogP contribution >= 0.6 is 0 Å². The second kappa shape index (κ2) is 7.67. The van der Waals surface area contributed by atoms with E-state index < -0.39 is 0 Å². The average molecular weight is 285 g/mol. The number of allylic oxidation sites excluding steroid dienone is 1. The summed E-state index contributed by atoms with van der Waals surface area (Å²) in [4.78, 5) is 11.4. The lowest BCUT2D eigenvalue weighted by Gasteiger charge is -2.09. The summed E-state index contributed by atoms with van der Waals surface area (Å²) >= 11 is 0. The third-order valence-corrected chi connectivity index (χ3v) is 3.92. The van der Waals surface area contributed by atoms with Gasteiger partial charge in [-0.2, -0.15) is 0 Å². The van der Waals surface area contributed by atoms with E-state index in [0.29, 0.717) is 0 Å². The third-order valence-electron chi connectivity index (χ3n) is 3.92.